The molecule has 0 saturated carbocycles. The first-order valence-electron chi connectivity index (χ1n) is 11.8. The highest BCUT2D eigenvalue weighted by Crippen LogP contribution is 2.44. The summed E-state index contributed by atoms with van der Waals surface area (Å²) in [5, 5.41) is 21.4. The van der Waals surface area contributed by atoms with Gasteiger partial charge in [-0.2, -0.15) is 39.5 Å². The molecule has 1 amide bonds. The van der Waals surface area contributed by atoms with Crippen LogP contribution in [0.3, 0.4) is 0 Å². The molecular weight excluding hydrogens is 733 g/mol. The van der Waals surface area contributed by atoms with Crippen LogP contribution in [0.5, 0.6) is 0 Å². The third-order valence-corrected chi connectivity index (χ3v) is 7.19. The number of carbonyl (C=O) groups is 1. The number of nitrogens with one attached hydrogen (secondary N) is 2. The fourth-order valence-corrected chi connectivity index (χ4v) is 4.49. The minimum atomic E-state index is -5.50. The average Bonchev–Trinajstić information content (AvgIpc) is 2.94. The zero-order valence-corrected chi connectivity index (χ0v) is 24.3. The number of alkyl halides is 9. The summed E-state index contributed by atoms with van der Waals surface area (Å²) < 4.78 is 138. The van der Waals surface area contributed by atoms with Crippen LogP contribution in [0, 0.1) is 20.2 Å². The normalized spacial score (nSPS) is 13.3. The lowest BCUT2D eigenvalue weighted by molar-refractivity contribution is -0.392. The topological polar surface area (TPSA) is 127 Å². The molecule has 3 aromatic carbocycles. The number of anilines is 1. The van der Waals surface area contributed by atoms with Gasteiger partial charge in [0.15, 0.2) is 0 Å². The summed E-state index contributed by atoms with van der Waals surface area (Å²) in [4.78, 5) is 32.3. The van der Waals surface area contributed by atoms with Crippen molar-refractivity contribution in [1.29, 1.82) is 0 Å². The Morgan fingerprint density at radius 2 is 1.32 bits per heavy atom. The fourth-order valence-electron chi connectivity index (χ4n) is 3.88. The Morgan fingerprint density at radius 1 is 0.809 bits per heavy atom. The number of hydrogen-bond donors (Lipinski definition) is 2. The van der Waals surface area contributed by atoms with Crippen LogP contribution in [0.1, 0.15) is 38.5 Å². The summed E-state index contributed by atoms with van der Waals surface area (Å²) in [5.74, 6) is -6.52. The molecular formula is C25H11Cl3F10N4O5. The Bertz CT molecular complexity index is 1740. The van der Waals surface area contributed by atoms with E-state index in [1.54, 1.807) is 5.43 Å². The number of carbonyl (C=O) groups excluding carboxylic acids is 1. The van der Waals surface area contributed by atoms with Gasteiger partial charge in [-0.05, 0) is 35.9 Å². The van der Waals surface area contributed by atoms with Gasteiger partial charge in [0.1, 0.15) is 11.7 Å². The molecule has 0 saturated heterocycles. The minimum Gasteiger partial charge on any atom is -0.286 e. The molecule has 0 aliphatic heterocycles. The summed E-state index contributed by atoms with van der Waals surface area (Å²) in [6.07, 6.45) is -16.1. The molecule has 0 fully saturated rings. The first-order valence-corrected chi connectivity index (χ1v) is 13.0. The van der Waals surface area contributed by atoms with Crippen molar-refractivity contribution < 1.29 is 58.5 Å². The lowest BCUT2D eigenvalue weighted by atomic mass is 9.95. The predicted molar refractivity (Wildman–Crippen MR) is 147 cm³/mol. The molecule has 0 bridgehead atoms. The van der Waals surface area contributed by atoms with Crippen molar-refractivity contribution in [3.05, 3.63) is 112 Å². The predicted octanol–water partition coefficient (Wildman–Crippen LogP) is 9.91. The number of nitrogens with zero attached hydrogens (tertiary/aromatic N) is 2. The van der Waals surface area contributed by atoms with Gasteiger partial charge >= 0.3 is 29.9 Å². The summed E-state index contributed by atoms with van der Waals surface area (Å²) in [5.41, 5.74) is -8.62. The largest absolute Gasteiger partial charge is 0.417 e. The molecule has 3 aromatic rings. The Hall–Kier alpha value is -4.36. The van der Waals surface area contributed by atoms with Crippen molar-refractivity contribution in [3.63, 3.8) is 0 Å². The first kappa shape index (κ1) is 37.1. The quantitative estimate of drug-likeness (QED) is 0.102. The maximum atomic E-state index is 15.1. The van der Waals surface area contributed by atoms with E-state index in [2.05, 4.69) is 0 Å². The van der Waals surface area contributed by atoms with Gasteiger partial charge in [-0.1, -0.05) is 40.9 Å². The standard InChI is InChI=1S/C25H11Cl3F10N4O5/c26-15-4-10(5-16(27)20(15)28)13(24(33,34)35)8-17(29)9-1-2-12(14(3-9)25(36,37)38)22(43)40-39-21-18(41(44)45)6-11(23(30,31)32)7-19(21)42(46)47/h1-8,13,39H,(H,40,43)/b17-8-. The molecule has 3 rings (SSSR count). The average molecular weight is 744 g/mol. The molecule has 0 radical (unpaired) electrons. The molecule has 252 valence electrons. The van der Waals surface area contributed by atoms with E-state index in [-0.39, 0.29) is 35.4 Å². The van der Waals surface area contributed by atoms with Crippen LogP contribution >= 0.6 is 34.8 Å². The number of benzene rings is 3. The van der Waals surface area contributed by atoms with Gasteiger partial charge in [-0.25, -0.2) is 4.39 Å². The molecule has 0 aliphatic rings. The maximum Gasteiger partial charge on any atom is 0.417 e. The van der Waals surface area contributed by atoms with Crippen LogP contribution in [0.15, 0.2) is 48.5 Å². The van der Waals surface area contributed by atoms with Crippen molar-refractivity contribution in [2.75, 3.05) is 5.43 Å². The number of allylic oxidation sites excluding steroid dienone is 1. The van der Waals surface area contributed by atoms with Gasteiger partial charge in [-0.3, -0.25) is 35.9 Å². The van der Waals surface area contributed by atoms with Crippen molar-refractivity contribution in [2.24, 2.45) is 0 Å². The molecule has 0 spiro atoms. The van der Waals surface area contributed by atoms with Crippen molar-refractivity contribution in [1.82, 2.24) is 5.43 Å². The van der Waals surface area contributed by atoms with Crippen molar-refractivity contribution >= 4 is 63.6 Å². The number of hydrogen-bond acceptors (Lipinski definition) is 6. The van der Waals surface area contributed by atoms with E-state index in [9.17, 15) is 64.5 Å². The number of nitro benzene ring substituents is 2. The molecule has 22 heteroatoms. The van der Waals surface area contributed by atoms with Gasteiger partial charge in [0.25, 0.3) is 5.91 Å². The van der Waals surface area contributed by atoms with Crippen LogP contribution in [-0.4, -0.2) is 21.9 Å². The Kier molecular flexibility index (Phi) is 10.6. The summed E-state index contributed by atoms with van der Waals surface area (Å²) >= 11 is 17.2. The molecule has 1 unspecified atom stereocenters. The Morgan fingerprint density at radius 3 is 1.74 bits per heavy atom. The summed E-state index contributed by atoms with van der Waals surface area (Å²) in [6.45, 7) is 0. The lowest BCUT2D eigenvalue weighted by Crippen LogP contribution is -2.32. The van der Waals surface area contributed by atoms with E-state index in [1.165, 1.54) is 5.43 Å². The van der Waals surface area contributed by atoms with E-state index in [0.717, 1.165) is 0 Å². The molecule has 0 heterocycles. The second-order valence-corrected chi connectivity index (χ2v) is 10.3. The number of halogens is 13. The van der Waals surface area contributed by atoms with Crippen LogP contribution in [0.4, 0.5) is 61.0 Å². The van der Waals surface area contributed by atoms with Gasteiger partial charge in [0, 0.05) is 17.7 Å². The van der Waals surface area contributed by atoms with Crippen molar-refractivity contribution in [3.8, 4) is 0 Å². The highest BCUT2D eigenvalue weighted by molar-refractivity contribution is 6.48. The number of nitro groups is 2. The second-order valence-electron chi connectivity index (χ2n) is 9.07. The van der Waals surface area contributed by atoms with Crippen LogP contribution < -0.4 is 10.9 Å². The van der Waals surface area contributed by atoms with E-state index in [1.807, 2.05) is 0 Å². The Balaban J connectivity index is 2.05. The summed E-state index contributed by atoms with van der Waals surface area (Å²) in [7, 11) is 0. The van der Waals surface area contributed by atoms with Gasteiger partial charge < -0.3 is 0 Å². The van der Waals surface area contributed by atoms with Gasteiger partial charge in [-0.15, -0.1) is 0 Å². The van der Waals surface area contributed by atoms with Gasteiger partial charge in [0.05, 0.1) is 41.6 Å². The van der Waals surface area contributed by atoms with Gasteiger partial charge in [0.2, 0.25) is 5.69 Å². The molecule has 0 aromatic heterocycles. The lowest BCUT2D eigenvalue weighted by Gasteiger charge is -2.19. The first-order chi connectivity index (χ1) is 21.4. The number of hydrazine groups is 1. The van der Waals surface area contributed by atoms with E-state index in [4.69, 9.17) is 34.8 Å². The molecule has 47 heavy (non-hydrogen) atoms. The number of rotatable bonds is 8. The molecule has 9 nitrogen and oxygen atoms in total. The third-order valence-electron chi connectivity index (χ3n) is 5.99. The molecule has 1 atom stereocenters. The number of amides is 1. The highest BCUT2D eigenvalue weighted by Gasteiger charge is 2.42. The van der Waals surface area contributed by atoms with E-state index >= 15 is 4.39 Å². The fraction of sp³-hybridized carbons (Fsp3) is 0.160. The second kappa shape index (κ2) is 13.4. The molecule has 2 N–H and O–H groups in total. The van der Waals surface area contributed by atoms with Crippen LogP contribution in [-0.2, 0) is 12.4 Å². The Labute approximate surface area is 269 Å². The minimum absolute atomic E-state index is 0.0565. The van der Waals surface area contributed by atoms with Crippen LogP contribution in [0.25, 0.3) is 5.83 Å². The zero-order chi connectivity index (χ0) is 35.8. The highest BCUT2D eigenvalue weighted by atomic mass is 35.5. The van der Waals surface area contributed by atoms with Crippen molar-refractivity contribution in [2.45, 2.75) is 24.4 Å². The zero-order valence-electron chi connectivity index (χ0n) is 22.0. The summed E-state index contributed by atoms with van der Waals surface area (Å²) in [6, 6.07) is 1.79. The monoisotopic (exact) mass is 742 g/mol. The maximum absolute atomic E-state index is 15.1. The third kappa shape index (κ3) is 8.52. The SMILES string of the molecule is O=C(NNc1c([N+](=O)[O-])cc(C(F)(F)F)cc1[N+](=O)[O-])c1ccc(/C(F)=C/C(c2cc(Cl)c(Cl)c(Cl)c2)C(F)(F)F)cc1C(F)(F)F. The smallest absolute Gasteiger partial charge is 0.286 e. The van der Waals surface area contributed by atoms with Crippen LogP contribution in [0.2, 0.25) is 15.1 Å². The van der Waals surface area contributed by atoms with E-state index < -0.39 is 101 Å². The molecule has 0 aliphatic carbocycles. The van der Waals surface area contributed by atoms with E-state index in [0.29, 0.717) is 18.2 Å².